The van der Waals surface area contributed by atoms with E-state index in [1.165, 1.54) is 6.08 Å². The molecule has 4 saturated heterocycles. The Morgan fingerprint density at radius 3 is 2.38 bits per heavy atom. The molecule has 1 unspecified atom stereocenters. The van der Waals surface area contributed by atoms with Gasteiger partial charge in [-0.3, -0.25) is 9.69 Å². The molecule has 1 aromatic rings. The van der Waals surface area contributed by atoms with E-state index in [9.17, 15) is 27.6 Å². The Morgan fingerprint density at radius 2 is 1.84 bits per heavy atom. The molecule has 1 atom stereocenters. The summed E-state index contributed by atoms with van der Waals surface area (Å²) in [4.78, 5) is 23.2. The lowest BCUT2D eigenvalue weighted by molar-refractivity contribution is -0.141. The van der Waals surface area contributed by atoms with Crippen LogP contribution in [-0.2, 0) is 15.7 Å². The number of alkyl halides is 4. The number of anilines is 2. The van der Waals surface area contributed by atoms with Gasteiger partial charge in [-0.05, 0) is 18.9 Å². The summed E-state index contributed by atoms with van der Waals surface area (Å²) in [6, 6.07) is 3.42. The summed E-state index contributed by atoms with van der Waals surface area (Å²) in [7, 11) is 0. The number of amides is 1. The van der Waals surface area contributed by atoms with Crippen LogP contribution >= 0.6 is 0 Å². The van der Waals surface area contributed by atoms with E-state index in [2.05, 4.69) is 16.5 Å². The Labute approximate surface area is 213 Å². The molecule has 1 aromatic heterocycles. The van der Waals surface area contributed by atoms with Gasteiger partial charge in [0.25, 0.3) is 0 Å². The van der Waals surface area contributed by atoms with Crippen LogP contribution < -0.4 is 9.80 Å². The van der Waals surface area contributed by atoms with Crippen LogP contribution in [0.25, 0.3) is 0 Å². The standard InChI is InChI=1S/C25H30F4N6O2/c1-2-22(36)34-10-8-32(9-11-34)17-15-35(16-17)19-13-21(31-23(18(19)14-30)25(27,28)29)33-6-4-24(5-7-33)20(26)3-12-37-24/h2,13,17,20H,1,3-12,15-16H2. The van der Waals surface area contributed by atoms with Gasteiger partial charge >= 0.3 is 6.18 Å². The summed E-state index contributed by atoms with van der Waals surface area (Å²) in [5.74, 6) is 0.0345. The lowest BCUT2D eigenvalue weighted by Gasteiger charge is -2.49. The molecule has 4 fully saturated rings. The van der Waals surface area contributed by atoms with Gasteiger partial charge in [-0.25, -0.2) is 9.37 Å². The third-order valence-corrected chi connectivity index (χ3v) is 8.15. The first-order valence-corrected chi connectivity index (χ1v) is 12.6. The zero-order chi connectivity index (χ0) is 26.4. The number of ether oxygens (including phenoxy) is 1. The number of pyridine rings is 1. The molecule has 0 bridgehead atoms. The second-order valence-electron chi connectivity index (χ2n) is 10.1. The van der Waals surface area contributed by atoms with E-state index in [1.807, 2.05) is 0 Å². The van der Waals surface area contributed by atoms with E-state index in [4.69, 9.17) is 4.74 Å². The minimum absolute atomic E-state index is 0.109. The first-order chi connectivity index (χ1) is 17.6. The second-order valence-corrected chi connectivity index (χ2v) is 10.1. The first-order valence-electron chi connectivity index (χ1n) is 12.6. The molecule has 5 rings (SSSR count). The minimum Gasteiger partial charge on any atom is -0.372 e. The summed E-state index contributed by atoms with van der Waals surface area (Å²) < 4.78 is 62.0. The number of rotatable bonds is 4. The summed E-state index contributed by atoms with van der Waals surface area (Å²) in [5, 5.41) is 9.68. The lowest BCUT2D eigenvalue weighted by Crippen LogP contribution is -2.63. The van der Waals surface area contributed by atoms with Crippen molar-refractivity contribution in [3.63, 3.8) is 0 Å². The number of aromatic nitrogens is 1. The molecule has 5 heterocycles. The zero-order valence-electron chi connectivity index (χ0n) is 20.5. The highest BCUT2D eigenvalue weighted by Gasteiger charge is 2.48. The third kappa shape index (κ3) is 4.75. The molecule has 8 nitrogen and oxygen atoms in total. The maximum absolute atomic E-state index is 14.4. The molecule has 37 heavy (non-hydrogen) atoms. The van der Waals surface area contributed by atoms with Crippen LogP contribution in [0.15, 0.2) is 18.7 Å². The van der Waals surface area contributed by atoms with Gasteiger partial charge in [0.1, 0.15) is 29.2 Å². The van der Waals surface area contributed by atoms with Gasteiger partial charge in [0, 0.05) is 70.9 Å². The van der Waals surface area contributed by atoms with Gasteiger partial charge in [0.2, 0.25) is 5.91 Å². The predicted octanol–water partition coefficient (Wildman–Crippen LogP) is 2.59. The lowest BCUT2D eigenvalue weighted by atomic mass is 9.87. The molecular formula is C25H30F4N6O2. The Bertz CT molecular complexity index is 1080. The van der Waals surface area contributed by atoms with Crippen LogP contribution in [0.3, 0.4) is 0 Å². The van der Waals surface area contributed by atoms with Gasteiger partial charge in [0.15, 0.2) is 5.69 Å². The molecule has 0 aromatic carbocycles. The highest BCUT2D eigenvalue weighted by Crippen LogP contribution is 2.42. The maximum Gasteiger partial charge on any atom is 0.434 e. The smallest absolute Gasteiger partial charge is 0.372 e. The number of carbonyl (C=O) groups excluding carboxylic acids is 1. The van der Waals surface area contributed by atoms with Crippen molar-refractivity contribution in [2.45, 2.75) is 43.3 Å². The monoisotopic (exact) mass is 522 g/mol. The quantitative estimate of drug-likeness (QED) is 0.445. The fourth-order valence-corrected chi connectivity index (χ4v) is 5.86. The summed E-state index contributed by atoms with van der Waals surface area (Å²) in [6.07, 6.45) is -3.48. The number of carbonyl (C=O) groups is 1. The number of hydrogen-bond donors (Lipinski definition) is 0. The summed E-state index contributed by atoms with van der Waals surface area (Å²) >= 11 is 0. The summed E-state index contributed by atoms with van der Waals surface area (Å²) in [5.41, 5.74) is -2.31. The summed E-state index contributed by atoms with van der Waals surface area (Å²) in [6.45, 7) is 7.97. The van der Waals surface area contributed by atoms with Gasteiger partial charge in [-0.15, -0.1) is 0 Å². The Kier molecular flexibility index (Phi) is 6.79. The molecule has 0 radical (unpaired) electrons. The van der Waals surface area contributed by atoms with Crippen molar-refractivity contribution in [2.24, 2.45) is 0 Å². The van der Waals surface area contributed by atoms with Crippen molar-refractivity contribution in [3.05, 3.63) is 30.0 Å². The van der Waals surface area contributed by atoms with Crippen LogP contribution in [0.4, 0.5) is 29.1 Å². The number of hydrogen-bond acceptors (Lipinski definition) is 7. The number of piperidine rings is 1. The molecule has 4 aliphatic rings. The van der Waals surface area contributed by atoms with Gasteiger partial charge in [0.05, 0.1) is 12.3 Å². The van der Waals surface area contributed by atoms with Crippen LogP contribution in [0.2, 0.25) is 0 Å². The maximum atomic E-state index is 14.4. The molecule has 1 amide bonds. The zero-order valence-corrected chi connectivity index (χ0v) is 20.5. The van der Waals surface area contributed by atoms with E-state index in [-0.39, 0.29) is 23.5 Å². The van der Waals surface area contributed by atoms with Crippen molar-refractivity contribution >= 4 is 17.4 Å². The Hall–Kier alpha value is -2.91. The molecule has 0 aliphatic carbocycles. The largest absolute Gasteiger partial charge is 0.434 e. The van der Waals surface area contributed by atoms with E-state index >= 15 is 0 Å². The topological polar surface area (TPSA) is 75.9 Å². The van der Waals surface area contributed by atoms with Gasteiger partial charge in [-0.2, -0.15) is 18.4 Å². The average Bonchev–Trinajstić information content (AvgIpc) is 3.21. The average molecular weight is 523 g/mol. The Balaban J connectivity index is 1.32. The number of nitrogens with zero attached hydrogens (tertiary/aromatic N) is 6. The number of halogens is 4. The first kappa shape index (κ1) is 25.7. The van der Waals surface area contributed by atoms with Crippen molar-refractivity contribution < 1.29 is 27.1 Å². The van der Waals surface area contributed by atoms with Crippen molar-refractivity contribution in [1.82, 2.24) is 14.8 Å². The fourth-order valence-electron chi connectivity index (χ4n) is 5.86. The molecule has 0 N–H and O–H groups in total. The van der Waals surface area contributed by atoms with Crippen molar-refractivity contribution in [3.8, 4) is 6.07 Å². The van der Waals surface area contributed by atoms with Crippen LogP contribution in [-0.4, -0.2) is 97.5 Å². The fraction of sp³-hybridized carbons (Fsp3) is 0.640. The van der Waals surface area contributed by atoms with Crippen LogP contribution in [0.1, 0.15) is 30.5 Å². The van der Waals surface area contributed by atoms with E-state index in [0.717, 1.165) is 0 Å². The van der Waals surface area contributed by atoms with Crippen molar-refractivity contribution in [2.75, 3.05) is 68.8 Å². The van der Waals surface area contributed by atoms with Gasteiger partial charge in [-0.1, -0.05) is 6.58 Å². The normalized spacial score (nSPS) is 24.7. The SMILES string of the molecule is C=CC(=O)N1CCN(C2CN(c3cc(N4CCC5(CC4)OCCC5F)nc(C(F)(F)F)c3C#N)C2)CC1. The predicted molar refractivity (Wildman–Crippen MR) is 128 cm³/mol. The molecule has 200 valence electrons. The van der Waals surface area contributed by atoms with E-state index < -0.39 is 29.2 Å². The van der Waals surface area contributed by atoms with Crippen molar-refractivity contribution in [1.29, 1.82) is 5.26 Å². The number of piperazine rings is 1. The number of nitriles is 1. The third-order valence-electron chi connectivity index (χ3n) is 8.15. The minimum atomic E-state index is -4.79. The van der Waals surface area contributed by atoms with E-state index in [1.54, 1.807) is 26.8 Å². The Morgan fingerprint density at radius 1 is 1.16 bits per heavy atom. The van der Waals surface area contributed by atoms with Gasteiger partial charge < -0.3 is 19.4 Å². The molecule has 12 heteroatoms. The second kappa shape index (κ2) is 9.76. The highest BCUT2D eigenvalue weighted by molar-refractivity contribution is 5.87. The molecule has 4 aliphatic heterocycles. The molecule has 0 saturated carbocycles. The van der Waals surface area contributed by atoms with Crippen LogP contribution in [0, 0.1) is 11.3 Å². The van der Waals surface area contributed by atoms with E-state index in [0.29, 0.717) is 78.2 Å². The molecular weight excluding hydrogens is 492 g/mol. The van der Waals surface area contributed by atoms with Crippen LogP contribution in [0.5, 0.6) is 0 Å². The molecule has 1 spiro atoms. The highest BCUT2D eigenvalue weighted by atomic mass is 19.4.